The Morgan fingerprint density at radius 3 is 2.60 bits per heavy atom. The summed E-state index contributed by atoms with van der Waals surface area (Å²) in [6.45, 7) is 4.92. The van der Waals surface area contributed by atoms with Crippen LogP contribution < -0.4 is 5.73 Å². The largest absolute Gasteiger partial charge is 0.417 e. The van der Waals surface area contributed by atoms with E-state index < -0.39 is 6.10 Å². The van der Waals surface area contributed by atoms with Crippen LogP contribution >= 0.6 is 0 Å². The van der Waals surface area contributed by atoms with E-state index in [0.717, 1.165) is 36.3 Å². The Morgan fingerprint density at radius 2 is 1.80 bits per heavy atom. The second-order valence-electron chi connectivity index (χ2n) is 7.53. The van der Waals surface area contributed by atoms with Gasteiger partial charge in [-0.25, -0.2) is 0 Å². The van der Waals surface area contributed by atoms with Gasteiger partial charge < -0.3 is 15.0 Å². The molecule has 3 aromatic rings. The van der Waals surface area contributed by atoms with Crippen LogP contribution in [-0.4, -0.2) is 34.0 Å². The van der Waals surface area contributed by atoms with Crippen molar-refractivity contribution in [3.05, 3.63) is 71.6 Å². The summed E-state index contributed by atoms with van der Waals surface area (Å²) in [4.78, 5) is 8.05. The minimum atomic E-state index is -0.511. The lowest BCUT2D eigenvalue weighted by molar-refractivity contribution is 0.0526. The average Bonchev–Trinajstić information content (AvgIpc) is 3.29. The Morgan fingerprint density at radius 1 is 1.07 bits per heavy atom. The molecule has 1 saturated heterocycles. The van der Waals surface area contributed by atoms with Crippen LogP contribution in [0.5, 0.6) is 0 Å². The van der Waals surface area contributed by atoms with Gasteiger partial charge in [-0.15, -0.1) is 10.2 Å². The van der Waals surface area contributed by atoms with Gasteiger partial charge in [0, 0.05) is 17.7 Å². The van der Waals surface area contributed by atoms with Crippen molar-refractivity contribution in [3.8, 4) is 11.5 Å². The molecule has 0 bridgehead atoms. The van der Waals surface area contributed by atoms with Gasteiger partial charge in [-0.3, -0.25) is 4.90 Å². The number of hydrogen-bond acceptors (Lipinski definition) is 6. The van der Waals surface area contributed by atoms with E-state index in [9.17, 15) is 0 Å². The van der Waals surface area contributed by atoms with Crippen LogP contribution in [0.1, 0.15) is 49.3 Å². The first-order valence-corrected chi connectivity index (χ1v) is 10.4. The Bertz CT molecular complexity index is 980. The van der Waals surface area contributed by atoms with E-state index in [2.05, 4.69) is 26.3 Å². The molecular weight excluding hydrogens is 378 g/mol. The van der Waals surface area contributed by atoms with E-state index in [1.54, 1.807) is 6.92 Å². The van der Waals surface area contributed by atoms with Crippen molar-refractivity contribution >= 4 is 5.84 Å². The number of likely N-dealkylation sites (tertiary alicyclic amines) is 1. The van der Waals surface area contributed by atoms with Crippen molar-refractivity contribution in [2.45, 2.75) is 38.8 Å². The van der Waals surface area contributed by atoms with Gasteiger partial charge in [0.2, 0.25) is 12.0 Å². The molecule has 1 unspecified atom stereocenters. The van der Waals surface area contributed by atoms with E-state index in [1.165, 1.54) is 19.3 Å². The summed E-state index contributed by atoms with van der Waals surface area (Å²) in [6, 6.07) is 17.7. The molecule has 0 radical (unpaired) electrons. The predicted octanol–water partition coefficient (Wildman–Crippen LogP) is 4.12. The maximum atomic E-state index is 6.26. The summed E-state index contributed by atoms with van der Waals surface area (Å²) in [5.41, 5.74) is 9.17. The van der Waals surface area contributed by atoms with Crippen LogP contribution in [0.3, 0.4) is 0 Å². The van der Waals surface area contributed by atoms with E-state index >= 15 is 0 Å². The highest BCUT2D eigenvalue weighted by Gasteiger charge is 2.18. The number of amidine groups is 1. The first-order chi connectivity index (χ1) is 14.7. The number of nitrogens with two attached hydrogens (primary N) is 1. The number of piperidine rings is 1. The van der Waals surface area contributed by atoms with Gasteiger partial charge in [-0.05, 0) is 50.6 Å². The van der Waals surface area contributed by atoms with Gasteiger partial charge in [0.15, 0.2) is 5.84 Å². The molecular formula is C23H27N5O2. The third-order valence-corrected chi connectivity index (χ3v) is 5.25. The molecule has 1 aromatic heterocycles. The van der Waals surface area contributed by atoms with Crippen molar-refractivity contribution in [1.82, 2.24) is 15.1 Å². The number of benzene rings is 2. The standard InChI is InChI=1S/C23H27N5O2/c1-17(22-25-26-23(29-22)18-10-4-2-5-11-18)30-27-21(24)20-13-7-6-12-19(20)16-28-14-8-3-9-15-28/h2,4-7,10-13,17H,3,8-9,14-16H2,1H3,(H2,24,27). The Labute approximate surface area is 176 Å². The summed E-state index contributed by atoms with van der Waals surface area (Å²) in [6.07, 6.45) is 3.31. The monoisotopic (exact) mass is 405 g/mol. The number of rotatable bonds is 7. The van der Waals surface area contributed by atoms with Gasteiger partial charge >= 0.3 is 0 Å². The van der Waals surface area contributed by atoms with Gasteiger partial charge in [0.25, 0.3) is 5.89 Å². The molecule has 1 aliphatic heterocycles. The van der Waals surface area contributed by atoms with Gasteiger partial charge in [-0.2, -0.15) is 0 Å². The quantitative estimate of drug-likeness (QED) is 0.361. The topological polar surface area (TPSA) is 89.8 Å². The molecule has 2 heterocycles. The van der Waals surface area contributed by atoms with Crippen LogP contribution in [0.25, 0.3) is 11.5 Å². The first kappa shape index (κ1) is 20.1. The third kappa shape index (κ3) is 4.86. The average molecular weight is 406 g/mol. The molecule has 0 spiro atoms. The maximum absolute atomic E-state index is 6.26. The van der Waals surface area contributed by atoms with Crippen LogP contribution in [-0.2, 0) is 11.4 Å². The zero-order valence-corrected chi connectivity index (χ0v) is 17.2. The molecule has 0 saturated carbocycles. The molecule has 0 aliphatic carbocycles. The summed E-state index contributed by atoms with van der Waals surface area (Å²) < 4.78 is 5.73. The van der Waals surface area contributed by atoms with Crippen LogP contribution in [0, 0.1) is 0 Å². The minimum absolute atomic E-state index is 0.345. The van der Waals surface area contributed by atoms with Crippen molar-refractivity contribution in [3.63, 3.8) is 0 Å². The van der Waals surface area contributed by atoms with Gasteiger partial charge in [0.05, 0.1) is 0 Å². The molecule has 1 aliphatic rings. The first-order valence-electron chi connectivity index (χ1n) is 10.4. The van der Waals surface area contributed by atoms with Crippen molar-refractivity contribution < 1.29 is 9.25 Å². The number of nitrogens with zero attached hydrogens (tertiary/aromatic N) is 4. The van der Waals surface area contributed by atoms with E-state index in [4.69, 9.17) is 15.0 Å². The van der Waals surface area contributed by atoms with Crippen LogP contribution in [0.15, 0.2) is 64.2 Å². The molecule has 1 atom stereocenters. The normalized spacial score (nSPS) is 16.4. The highest BCUT2D eigenvalue weighted by molar-refractivity contribution is 5.98. The number of hydrogen-bond donors (Lipinski definition) is 1. The van der Waals surface area contributed by atoms with E-state index in [0.29, 0.717) is 17.6 Å². The van der Waals surface area contributed by atoms with Crippen LogP contribution in [0.4, 0.5) is 0 Å². The lowest BCUT2D eigenvalue weighted by Gasteiger charge is -2.27. The van der Waals surface area contributed by atoms with Crippen LogP contribution in [0.2, 0.25) is 0 Å². The molecule has 1 fully saturated rings. The number of oxime groups is 1. The highest BCUT2D eigenvalue weighted by Crippen LogP contribution is 2.22. The summed E-state index contributed by atoms with van der Waals surface area (Å²) in [5, 5.41) is 12.3. The molecule has 2 aromatic carbocycles. The lowest BCUT2D eigenvalue weighted by Crippen LogP contribution is -2.30. The minimum Gasteiger partial charge on any atom is -0.417 e. The summed E-state index contributed by atoms with van der Waals surface area (Å²) >= 11 is 0. The van der Waals surface area contributed by atoms with Gasteiger partial charge in [0.1, 0.15) is 0 Å². The molecule has 2 N–H and O–H groups in total. The molecule has 30 heavy (non-hydrogen) atoms. The predicted molar refractivity (Wildman–Crippen MR) is 116 cm³/mol. The number of aromatic nitrogens is 2. The maximum Gasteiger partial charge on any atom is 0.259 e. The molecule has 4 rings (SSSR count). The van der Waals surface area contributed by atoms with Crippen molar-refractivity contribution in [1.29, 1.82) is 0 Å². The molecule has 7 heteroatoms. The van der Waals surface area contributed by atoms with E-state index in [-0.39, 0.29) is 0 Å². The highest BCUT2D eigenvalue weighted by atomic mass is 16.6. The Hall–Kier alpha value is -3.19. The summed E-state index contributed by atoms with van der Waals surface area (Å²) in [5.74, 6) is 1.15. The fourth-order valence-electron chi connectivity index (χ4n) is 3.59. The van der Waals surface area contributed by atoms with Crippen molar-refractivity contribution in [2.75, 3.05) is 13.1 Å². The Balaban J connectivity index is 1.43. The lowest BCUT2D eigenvalue weighted by atomic mass is 10.0. The zero-order valence-electron chi connectivity index (χ0n) is 17.2. The third-order valence-electron chi connectivity index (χ3n) is 5.25. The fraction of sp³-hybridized carbons (Fsp3) is 0.348. The SMILES string of the molecule is CC(ON=C(N)c1ccccc1CN1CCCCC1)c1nnc(-c2ccccc2)o1. The van der Waals surface area contributed by atoms with Crippen molar-refractivity contribution in [2.24, 2.45) is 10.9 Å². The molecule has 156 valence electrons. The molecule has 0 amide bonds. The van der Waals surface area contributed by atoms with E-state index in [1.807, 2.05) is 48.5 Å². The second kappa shape index (κ2) is 9.54. The van der Waals surface area contributed by atoms with Gasteiger partial charge in [-0.1, -0.05) is 54.0 Å². The summed E-state index contributed by atoms with van der Waals surface area (Å²) in [7, 11) is 0. The second-order valence-corrected chi connectivity index (χ2v) is 7.53. The zero-order chi connectivity index (χ0) is 20.8. The Kier molecular flexibility index (Phi) is 6.39. The molecule has 7 nitrogen and oxygen atoms in total. The fourth-order valence-corrected chi connectivity index (χ4v) is 3.59. The smallest absolute Gasteiger partial charge is 0.259 e.